The van der Waals surface area contributed by atoms with Crippen molar-refractivity contribution >= 4 is 29.8 Å². The molecule has 0 spiro atoms. The molecule has 53 heavy (non-hydrogen) atoms. The predicted octanol–water partition coefficient (Wildman–Crippen LogP) is 2.52. The van der Waals surface area contributed by atoms with Crippen molar-refractivity contribution in [1.82, 2.24) is 0 Å². The van der Waals surface area contributed by atoms with Gasteiger partial charge in [-0.05, 0) is 41.0 Å². The summed E-state index contributed by atoms with van der Waals surface area (Å²) in [7, 11) is 4.45. The first-order valence-corrected chi connectivity index (χ1v) is 16.7. The van der Waals surface area contributed by atoms with Gasteiger partial charge in [0.15, 0.2) is 47.6 Å². The Morgan fingerprint density at radius 2 is 1.30 bits per heavy atom. The van der Waals surface area contributed by atoms with Crippen LogP contribution < -0.4 is 23.7 Å². The molecule has 0 aromatic heterocycles. The summed E-state index contributed by atoms with van der Waals surface area (Å²) < 4.78 is 69.0. The van der Waals surface area contributed by atoms with E-state index in [1.54, 1.807) is 24.3 Å². The number of methoxy groups -OCH3 is 3. The Morgan fingerprint density at radius 1 is 0.717 bits per heavy atom. The highest BCUT2D eigenvalue weighted by Gasteiger charge is 2.57. The van der Waals surface area contributed by atoms with Gasteiger partial charge in [0.1, 0.15) is 12.7 Å². The van der Waals surface area contributed by atoms with Gasteiger partial charge in [-0.1, -0.05) is 0 Å². The summed E-state index contributed by atoms with van der Waals surface area (Å²) >= 11 is 0. The first-order valence-electron chi connectivity index (χ1n) is 16.7. The van der Waals surface area contributed by atoms with Gasteiger partial charge in [-0.15, -0.1) is 0 Å². The van der Waals surface area contributed by atoms with E-state index >= 15 is 0 Å². The first-order chi connectivity index (χ1) is 25.3. The highest BCUT2D eigenvalue weighted by atomic mass is 16.7. The molecule has 0 radical (unpaired) electrons. The largest absolute Gasteiger partial charge is 0.493 e. The number of cyclic esters (lactones) is 1. The average Bonchev–Trinajstić information content (AvgIpc) is 3.73. The molecule has 286 valence electrons. The number of ether oxygens (including phenoxy) is 12. The van der Waals surface area contributed by atoms with Crippen LogP contribution in [0.3, 0.4) is 0 Å². The number of rotatable bonds is 11. The van der Waals surface area contributed by atoms with E-state index in [4.69, 9.17) is 56.8 Å². The Labute approximate surface area is 303 Å². The SMILES string of the molecule is COc1cc(C2c3cc4c(cc3C(OC3OC(COC(C)=O)C(OC(C)=O)C(OC(C)=O)C3OC(C)=O)C3COC(=O)C23)OCO4)cc(OC)c1OC. The van der Waals surface area contributed by atoms with Gasteiger partial charge in [-0.25, -0.2) is 0 Å². The van der Waals surface area contributed by atoms with Crippen LogP contribution in [0.1, 0.15) is 56.4 Å². The zero-order valence-electron chi connectivity index (χ0n) is 30.1. The molecule has 2 saturated heterocycles. The molecule has 17 heteroatoms. The maximum absolute atomic E-state index is 13.8. The maximum Gasteiger partial charge on any atom is 0.310 e. The molecular weight excluding hydrogens is 704 g/mol. The molecule has 0 amide bonds. The quantitative estimate of drug-likeness (QED) is 0.240. The molecule has 9 unspecified atom stereocenters. The Morgan fingerprint density at radius 3 is 1.87 bits per heavy atom. The number of esters is 5. The van der Waals surface area contributed by atoms with Gasteiger partial charge in [0.25, 0.3) is 0 Å². The highest BCUT2D eigenvalue weighted by molar-refractivity contribution is 5.79. The van der Waals surface area contributed by atoms with Crippen LogP contribution in [0.15, 0.2) is 24.3 Å². The topological polar surface area (TPSA) is 196 Å². The molecule has 0 saturated carbocycles. The second kappa shape index (κ2) is 15.4. The van der Waals surface area contributed by atoms with Gasteiger partial charge >= 0.3 is 29.8 Å². The molecule has 1 aliphatic carbocycles. The highest BCUT2D eigenvalue weighted by Crippen LogP contribution is 2.57. The van der Waals surface area contributed by atoms with Crippen molar-refractivity contribution in [3.05, 3.63) is 41.0 Å². The smallest absolute Gasteiger partial charge is 0.310 e. The molecule has 2 aromatic carbocycles. The van der Waals surface area contributed by atoms with Crippen LogP contribution >= 0.6 is 0 Å². The summed E-state index contributed by atoms with van der Waals surface area (Å²) in [5, 5.41) is 0. The summed E-state index contributed by atoms with van der Waals surface area (Å²) in [6.07, 6.45) is -8.16. The molecule has 2 aromatic rings. The van der Waals surface area contributed by atoms with E-state index in [9.17, 15) is 24.0 Å². The fourth-order valence-electron chi connectivity index (χ4n) is 7.41. The molecule has 3 heterocycles. The molecule has 0 bridgehead atoms. The summed E-state index contributed by atoms with van der Waals surface area (Å²) in [6.45, 7) is 3.98. The molecule has 9 atom stereocenters. The van der Waals surface area contributed by atoms with E-state index in [0.29, 0.717) is 45.4 Å². The summed E-state index contributed by atoms with van der Waals surface area (Å²) in [5.41, 5.74) is 1.80. The monoisotopic (exact) mass is 744 g/mol. The number of hydrogen-bond donors (Lipinski definition) is 0. The van der Waals surface area contributed by atoms with Crippen LogP contribution in [0, 0.1) is 11.8 Å². The van der Waals surface area contributed by atoms with Gasteiger partial charge in [0.05, 0.1) is 40.0 Å². The first kappa shape index (κ1) is 37.5. The van der Waals surface area contributed by atoms with Gasteiger partial charge in [0.2, 0.25) is 12.5 Å². The second-order valence-corrected chi connectivity index (χ2v) is 12.7. The number of fused-ring (bicyclic) bond motifs is 3. The van der Waals surface area contributed by atoms with E-state index in [0.717, 1.165) is 20.8 Å². The van der Waals surface area contributed by atoms with E-state index in [2.05, 4.69) is 0 Å². The molecular formula is C36H40O17. The van der Waals surface area contributed by atoms with Crippen LogP contribution in [0.5, 0.6) is 28.7 Å². The van der Waals surface area contributed by atoms with E-state index < -0.39 is 91.0 Å². The molecule has 4 aliphatic rings. The Balaban J connectivity index is 1.49. The van der Waals surface area contributed by atoms with E-state index in [1.807, 2.05) is 0 Å². The van der Waals surface area contributed by atoms with Crippen LogP contribution in [0.25, 0.3) is 0 Å². The molecule has 2 fully saturated rings. The van der Waals surface area contributed by atoms with Crippen molar-refractivity contribution < 1.29 is 80.8 Å². The Bertz CT molecular complexity index is 1750. The lowest BCUT2D eigenvalue weighted by Gasteiger charge is -2.46. The van der Waals surface area contributed by atoms with Gasteiger partial charge in [0, 0.05) is 39.5 Å². The Hall–Kier alpha value is -5.29. The normalized spacial score (nSPS) is 28.1. The minimum Gasteiger partial charge on any atom is -0.493 e. The standard InChI is InChI=1S/C36H40O17/c1-15(37)45-13-27-32(49-16(2)38)33(50-17(3)39)34(51-18(4)40)36(52-27)53-30-21-11-24-23(47-14-48-24)10-20(21)28(29-22(30)12-46-35(29)41)19-8-25(42-5)31(44-7)26(9-19)43-6/h8-11,22,27-30,32-34,36H,12-14H2,1-7H3. The lowest BCUT2D eigenvalue weighted by atomic mass is 9.66. The zero-order chi connectivity index (χ0) is 38.1. The molecule has 3 aliphatic heterocycles. The van der Waals surface area contributed by atoms with Crippen molar-refractivity contribution in [2.45, 2.75) is 70.4 Å². The van der Waals surface area contributed by atoms with Crippen LogP contribution in [0.4, 0.5) is 0 Å². The minimum absolute atomic E-state index is 0.0484. The lowest BCUT2D eigenvalue weighted by Crippen LogP contribution is -2.63. The van der Waals surface area contributed by atoms with Crippen LogP contribution in [0.2, 0.25) is 0 Å². The number of carbonyl (C=O) groups excluding carboxylic acids is 5. The number of benzene rings is 2. The lowest BCUT2D eigenvalue weighted by molar-refractivity contribution is -0.322. The third-order valence-electron chi connectivity index (χ3n) is 9.39. The summed E-state index contributed by atoms with van der Waals surface area (Å²) in [6, 6.07) is 7.00. The van der Waals surface area contributed by atoms with Gasteiger partial charge < -0.3 is 56.8 Å². The summed E-state index contributed by atoms with van der Waals surface area (Å²) in [4.78, 5) is 62.8. The van der Waals surface area contributed by atoms with Crippen molar-refractivity contribution in [2.24, 2.45) is 11.8 Å². The van der Waals surface area contributed by atoms with Gasteiger partial charge in [-0.2, -0.15) is 0 Å². The average molecular weight is 745 g/mol. The molecule has 0 N–H and O–H groups in total. The van der Waals surface area contributed by atoms with Crippen LogP contribution in [-0.4, -0.2) is 102 Å². The number of hydrogen-bond acceptors (Lipinski definition) is 17. The Kier molecular flexibility index (Phi) is 10.9. The van der Waals surface area contributed by atoms with Crippen LogP contribution in [-0.2, 0) is 57.1 Å². The minimum atomic E-state index is -1.53. The van der Waals surface area contributed by atoms with Crippen molar-refractivity contribution in [3.63, 3.8) is 0 Å². The summed E-state index contributed by atoms with van der Waals surface area (Å²) in [5.74, 6) is -3.79. The third-order valence-corrected chi connectivity index (χ3v) is 9.39. The van der Waals surface area contributed by atoms with Crippen molar-refractivity contribution in [2.75, 3.05) is 41.3 Å². The second-order valence-electron chi connectivity index (χ2n) is 12.7. The fourth-order valence-corrected chi connectivity index (χ4v) is 7.41. The molecule has 6 rings (SSSR count). The zero-order valence-corrected chi connectivity index (χ0v) is 30.1. The van der Waals surface area contributed by atoms with Crippen molar-refractivity contribution in [3.8, 4) is 28.7 Å². The van der Waals surface area contributed by atoms with E-state index in [1.165, 1.54) is 28.3 Å². The van der Waals surface area contributed by atoms with E-state index in [-0.39, 0.29) is 13.4 Å². The van der Waals surface area contributed by atoms with Crippen molar-refractivity contribution in [1.29, 1.82) is 0 Å². The maximum atomic E-state index is 13.8. The third kappa shape index (κ3) is 7.35. The predicted molar refractivity (Wildman–Crippen MR) is 174 cm³/mol. The fraction of sp³-hybridized carbons (Fsp3) is 0.528. The van der Waals surface area contributed by atoms with Gasteiger partial charge in [-0.3, -0.25) is 24.0 Å². The number of carbonyl (C=O) groups is 5. The molecule has 17 nitrogen and oxygen atoms in total.